The van der Waals surface area contributed by atoms with Crippen molar-refractivity contribution in [2.24, 2.45) is 0 Å². The normalized spacial score (nSPS) is 10.4. The summed E-state index contributed by atoms with van der Waals surface area (Å²) in [5.74, 6) is -0.677. The van der Waals surface area contributed by atoms with E-state index in [1.54, 1.807) is 35.2 Å². The molecule has 7 heteroatoms. The predicted octanol–water partition coefficient (Wildman–Crippen LogP) is 5.09. The molecule has 0 saturated carbocycles. The lowest BCUT2D eigenvalue weighted by Crippen LogP contribution is -2.31. The van der Waals surface area contributed by atoms with Gasteiger partial charge in [0.25, 0.3) is 5.91 Å². The molecule has 0 atom stereocenters. The molecule has 2 aromatic rings. The molecule has 0 saturated heterocycles. The zero-order valence-corrected chi connectivity index (χ0v) is 18.4. The Kier molecular flexibility index (Phi) is 8.87. The van der Waals surface area contributed by atoms with Crippen molar-refractivity contribution in [3.8, 4) is 0 Å². The van der Waals surface area contributed by atoms with Gasteiger partial charge >= 0.3 is 0 Å². The second-order valence-electron chi connectivity index (χ2n) is 7.22. The third kappa shape index (κ3) is 7.52. The van der Waals surface area contributed by atoms with Crippen molar-refractivity contribution in [2.45, 2.75) is 46.6 Å². The van der Waals surface area contributed by atoms with Gasteiger partial charge in [-0.25, -0.2) is 0 Å². The van der Waals surface area contributed by atoms with Crippen molar-refractivity contribution in [1.29, 1.82) is 0 Å². The van der Waals surface area contributed by atoms with Gasteiger partial charge in [0.2, 0.25) is 11.8 Å². The van der Waals surface area contributed by atoms with E-state index in [0.29, 0.717) is 35.1 Å². The lowest BCUT2D eigenvalue weighted by atomic mass is 10.1. The zero-order chi connectivity index (χ0) is 22.1. The first-order valence-corrected chi connectivity index (χ1v) is 10.4. The van der Waals surface area contributed by atoms with Crippen LogP contribution in [-0.2, 0) is 16.1 Å². The number of nitrogens with zero attached hydrogens (tertiary/aromatic N) is 1. The van der Waals surface area contributed by atoms with E-state index in [9.17, 15) is 14.4 Å². The minimum Gasteiger partial charge on any atom is -0.334 e. The lowest BCUT2D eigenvalue weighted by Gasteiger charge is -2.24. The molecule has 3 amide bonds. The second-order valence-corrected chi connectivity index (χ2v) is 7.66. The summed E-state index contributed by atoms with van der Waals surface area (Å²) >= 11 is 5.98. The Bertz CT molecular complexity index is 863. The molecule has 0 heterocycles. The number of unbranched alkanes of at least 4 members (excludes halogenated alkanes) is 2. The van der Waals surface area contributed by atoms with Crippen LogP contribution in [0.2, 0.25) is 5.02 Å². The zero-order valence-electron chi connectivity index (χ0n) is 17.6. The number of hydrogen-bond donors (Lipinski definition) is 2. The Hall–Kier alpha value is -2.86. The second kappa shape index (κ2) is 11.4. The highest BCUT2D eigenvalue weighted by molar-refractivity contribution is 6.30. The van der Waals surface area contributed by atoms with Crippen LogP contribution < -0.4 is 10.6 Å². The van der Waals surface area contributed by atoms with Crippen LogP contribution in [0.15, 0.2) is 42.5 Å². The molecule has 6 nitrogen and oxygen atoms in total. The fourth-order valence-corrected chi connectivity index (χ4v) is 3.23. The van der Waals surface area contributed by atoms with Crippen molar-refractivity contribution < 1.29 is 14.4 Å². The predicted molar refractivity (Wildman–Crippen MR) is 121 cm³/mol. The highest BCUT2D eigenvalue weighted by atomic mass is 35.5. The third-order valence-corrected chi connectivity index (χ3v) is 4.68. The highest BCUT2D eigenvalue weighted by Crippen LogP contribution is 2.22. The van der Waals surface area contributed by atoms with E-state index >= 15 is 0 Å². The Balaban J connectivity index is 2.34. The quantitative estimate of drug-likeness (QED) is 0.545. The smallest absolute Gasteiger partial charge is 0.254 e. The van der Waals surface area contributed by atoms with E-state index in [1.807, 2.05) is 12.1 Å². The topological polar surface area (TPSA) is 78.5 Å². The number of amides is 3. The molecular weight excluding hydrogens is 402 g/mol. The van der Waals surface area contributed by atoms with Crippen LogP contribution in [0, 0.1) is 0 Å². The number of halogens is 1. The molecule has 0 aromatic heterocycles. The largest absolute Gasteiger partial charge is 0.334 e. The molecule has 0 spiro atoms. The molecular formula is C23H28ClN3O3. The van der Waals surface area contributed by atoms with E-state index in [1.165, 1.54) is 13.8 Å². The number of benzene rings is 2. The summed E-state index contributed by atoms with van der Waals surface area (Å²) in [7, 11) is 0. The van der Waals surface area contributed by atoms with Gasteiger partial charge in [0.15, 0.2) is 0 Å². The van der Waals surface area contributed by atoms with Gasteiger partial charge in [0, 0.05) is 48.9 Å². The SMILES string of the molecule is CCCCCN(Cc1ccc(Cl)cc1)C(=O)c1cc(NC(C)=O)cc(NC(C)=O)c1. The first-order valence-electron chi connectivity index (χ1n) is 10.0. The van der Waals surface area contributed by atoms with Crippen molar-refractivity contribution in [3.05, 3.63) is 58.6 Å². The van der Waals surface area contributed by atoms with Gasteiger partial charge in [0.1, 0.15) is 0 Å². The molecule has 0 aliphatic carbocycles. The maximum atomic E-state index is 13.4. The molecule has 2 aromatic carbocycles. The van der Waals surface area contributed by atoms with Crippen LogP contribution in [0.1, 0.15) is 56.0 Å². The van der Waals surface area contributed by atoms with Crippen molar-refractivity contribution in [2.75, 3.05) is 17.2 Å². The molecule has 30 heavy (non-hydrogen) atoms. The maximum absolute atomic E-state index is 13.4. The molecule has 0 radical (unpaired) electrons. The Labute approximate surface area is 182 Å². The van der Waals surface area contributed by atoms with Crippen molar-refractivity contribution in [3.63, 3.8) is 0 Å². The van der Waals surface area contributed by atoms with Crippen LogP contribution in [0.25, 0.3) is 0 Å². The summed E-state index contributed by atoms with van der Waals surface area (Å²) in [4.78, 5) is 38.1. The molecule has 0 fully saturated rings. The number of rotatable bonds is 9. The van der Waals surface area contributed by atoms with Gasteiger partial charge in [0.05, 0.1) is 0 Å². The Morgan fingerprint density at radius 3 is 1.97 bits per heavy atom. The van der Waals surface area contributed by atoms with Gasteiger partial charge in [-0.3, -0.25) is 14.4 Å². The van der Waals surface area contributed by atoms with Gasteiger partial charge in [-0.15, -0.1) is 0 Å². The summed E-state index contributed by atoms with van der Waals surface area (Å²) in [5, 5.41) is 6.01. The fraction of sp³-hybridized carbons (Fsp3) is 0.348. The molecule has 0 aliphatic heterocycles. The summed E-state index contributed by atoms with van der Waals surface area (Å²) in [6, 6.07) is 12.3. The highest BCUT2D eigenvalue weighted by Gasteiger charge is 2.18. The molecule has 0 bridgehead atoms. The monoisotopic (exact) mass is 429 g/mol. The van der Waals surface area contributed by atoms with Crippen molar-refractivity contribution in [1.82, 2.24) is 4.90 Å². The maximum Gasteiger partial charge on any atom is 0.254 e. The average Bonchev–Trinajstić information content (AvgIpc) is 2.67. The van der Waals surface area contributed by atoms with E-state index < -0.39 is 0 Å². The Morgan fingerprint density at radius 1 is 0.900 bits per heavy atom. The van der Waals surface area contributed by atoms with Crippen LogP contribution >= 0.6 is 11.6 Å². The van der Waals surface area contributed by atoms with E-state index in [2.05, 4.69) is 17.6 Å². The van der Waals surface area contributed by atoms with Crippen LogP contribution in [0.5, 0.6) is 0 Å². The number of carbonyl (C=O) groups is 3. The minimum atomic E-state index is -0.255. The van der Waals surface area contributed by atoms with Gasteiger partial charge in [-0.2, -0.15) is 0 Å². The summed E-state index contributed by atoms with van der Waals surface area (Å²) < 4.78 is 0. The Morgan fingerprint density at radius 2 is 1.47 bits per heavy atom. The van der Waals surface area contributed by atoms with Gasteiger partial charge in [-0.1, -0.05) is 43.5 Å². The van der Waals surface area contributed by atoms with Crippen LogP contribution in [-0.4, -0.2) is 29.2 Å². The summed E-state index contributed by atoms with van der Waals surface area (Å²) in [6.07, 6.45) is 2.96. The average molecular weight is 430 g/mol. The molecule has 2 N–H and O–H groups in total. The molecule has 0 unspecified atom stereocenters. The van der Waals surface area contributed by atoms with Crippen LogP contribution in [0.3, 0.4) is 0 Å². The number of hydrogen-bond acceptors (Lipinski definition) is 3. The molecule has 160 valence electrons. The third-order valence-electron chi connectivity index (χ3n) is 4.43. The first kappa shape index (κ1) is 23.4. The molecule has 2 rings (SSSR count). The van der Waals surface area contributed by atoms with Crippen molar-refractivity contribution >= 4 is 40.7 Å². The van der Waals surface area contributed by atoms with Crippen LogP contribution in [0.4, 0.5) is 11.4 Å². The standard InChI is InChI=1S/C23H28ClN3O3/c1-4-5-6-11-27(15-18-7-9-20(24)10-8-18)23(30)19-12-21(25-16(2)28)14-22(13-19)26-17(3)29/h7-10,12-14H,4-6,11,15H2,1-3H3,(H,25,28)(H,26,29). The van der Waals surface area contributed by atoms with Gasteiger partial charge < -0.3 is 15.5 Å². The lowest BCUT2D eigenvalue weighted by molar-refractivity contribution is -0.115. The number of anilines is 2. The van der Waals surface area contributed by atoms with Gasteiger partial charge in [-0.05, 0) is 42.3 Å². The summed E-state index contributed by atoms with van der Waals surface area (Å²) in [5.41, 5.74) is 2.29. The summed E-state index contributed by atoms with van der Waals surface area (Å²) in [6.45, 7) is 5.95. The van der Waals surface area contributed by atoms with E-state index in [-0.39, 0.29) is 17.7 Å². The van der Waals surface area contributed by atoms with E-state index in [4.69, 9.17) is 11.6 Å². The molecule has 0 aliphatic rings. The number of carbonyl (C=O) groups excluding carboxylic acids is 3. The fourth-order valence-electron chi connectivity index (χ4n) is 3.10. The van der Waals surface area contributed by atoms with E-state index in [0.717, 1.165) is 24.8 Å². The first-order chi connectivity index (χ1) is 14.3. The minimum absolute atomic E-state index is 0.167. The number of nitrogens with one attached hydrogen (secondary N) is 2.